The predicted molar refractivity (Wildman–Crippen MR) is 104 cm³/mol. The second-order valence-electron chi connectivity index (χ2n) is 5.19. The molecule has 0 saturated carbocycles. The summed E-state index contributed by atoms with van der Waals surface area (Å²) in [5.74, 6) is -1.96. The van der Waals surface area contributed by atoms with Crippen molar-refractivity contribution in [3.8, 4) is 23.3 Å². The van der Waals surface area contributed by atoms with Gasteiger partial charge in [-0.2, -0.15) is 5.26 Å². The summed E-state index contributed by atoms with van der Waals surface area (Å²) in [4.78, 5) is 30.2. The van der Waals surface area contributed by atoms with E-state index in [0.717, 1.165) is 0 Å². The van der Waals surface area contributed by atoms with Gasteiger partial charge >= 0.3 is 11.9 Å². The van der Waals surface area contributed by atoms with E-state index in [-0.39, 0.29) is 35.0 Å². The molecule has 0 saturated heterocycles. The highest BCUT2D eigenvalue weighted by Gasteiger charge is 2.14. The number of halogens is 2. The lowest BCUT2D eigenvalue weighted by Gasteiger charge is -2.14. The van der Waals surface area contributed by atoms with Crippen LogP contribution < -0.4 is 9.47 Å². The third-order valence-corrected chi connectivity index (χ3v) is 3.35. The minimum atomic E-state index is -1.26. The van der Waals surface area contributed by atoms with Gasteiger partial charge in [-0.05, 0) is 24.3 Å². The van der Waals surface area contributed by atoms with Crippen molar-refractivity contribution in [2.45, 2.75) is 0 Å². The van der Waals surface area contributed by atoms with Gasteiger partial charge in [-0.3, -0.25) is 4.79 Å². The molecular weight excluding hydrogens is 421 g/mol. The number of hydrogen-bond donors (Lipinski definition) is 2. The number of aliphatic carboxylic acids is 2. The van der Waals surface area contributed by atoms with Gasteiger partial charge in [0.25, 0.3) is 0 Å². The highest BCUT2D eigenvalue weighted by Crippen LogP contribution is 2.36. The van der Waals surface area contributed by atoms with Crippen LogP contribution in [0, 0.1) is 11.3 Å². The van der Waals surface area contributed by atoms with Crippen LogP contribution in [0.1, 0.15) is 15.9 Å². The van der Waals surface area contributed by atoms with Crippen LogP contribution in [0.2, 0.25) is 5.02 Å². The molecule has 0 aliphatic rings. The van der Waals surface area contributed by atoms with Crippen LogP contribution in [-0.2, 0) is 9.59 Å². The molecule has 2 rings (SSSR count). The standard InChI is InChI=1S/C16H11ClFNO3.C4H4O4/c17-13-5-4-11(9-19)15(8-13)22-14-3-1-2-12(10-20)16(14)21-7-6-18;5-3(6)1-2-4(7)8/h1-5,8,10H,6-7H2;1-2H,(H,5,6)(H,7,8)/b;2-1+. The average Bonchev–Trinajstić information content (AvgIpc) is 2.71. The number of ether oxygens (including phenoxy) is 2. The summed E-state index contributed by atoms with van der Waals surface area (Å²) in [6.07, 6.45) is 1.70. The Labute approximate surface area is 175 Å². The second kappa shape index (κ2) is 12.5. The van der Waals surface area contributed by atoms with Crippen molar-refractivity contribution in [1.29, 1.82) is 5.26 Å². The second-order valence-corrected chi connectivity index (χ2v) is 5.63. The molecule has 30 heavy (non-hydrogen) atoms. The van der Waals surface area contributed by atoms with E-state index in [9.17, 15) is 18.8 Å². The van der Waals surface area contributed by atoms with Crippen LogP contribution in [0.15, 0.2) is 48.6 Å². The summed E-state index contributed by atoms with van der Waals surface area (Å²) >= 11 is 5.90. The lowest BCUT2D eigenvalue weighted by atomic mass is 10.2. The van der Waals surface area contributed by atoms with E-state index < -0.39 is 18.6 Å². The van der Waals surface area contributed by atoms with Crippen LogP contribution in [0.25, 0.3) is 0 Å². The molecule has 0 aromatic heterocycles. The fourth-order valence-electron chi connectivity index (χ4n) is 1.94. The first-order valence-electron chi connectivity index (χ1n) is 8.10. The Kier molecular flexibility index (Phi) is 10.1. The lowest BCUT2D eigenvalue weighted by Crippen LogP contribution is -2.03. The summed E-state index contributed by atoms with van der Waals surface area (Å²) in [5.41, 5.74) is 0.504. The van der Waals surface area contributed by atoms with Crippen molar-refractivity contribution in [3.05, 3.63) is 64.7 Å². The SMILES string of the molecule is N#Cc1ccc(Cl)cc1Oc1cccc(C=O)c1OCCF.O=C(O)/C=C/C(=O)O. The number of nitrogens with zero attached hydrogens (tertiary/aromatic N) is 1. The highest BCUT2D eigenvalue weighted by molar-refractivity contribution is 6.30. The van der Waals surface area contributed by atoms with E-state index in [2.05, 4.69) is 0 Å². The summed E-state index contributed by atoms with van der Waals surface area (Å²) < 4.78 is 23.2. The van der Waals surface area contributed by atoms with Gasteiger partial charge in [-0.25, -0.2) is 14.0 Å². The number of benzene rings is 2. The smallest absolute Gasteiger partial charge is 0.328 e. The monoisotopic (exact) mass is 435 g/mol. The Morgan fingerprint density at radius 3 is 2.33 bits per heavy atom. The number of para-hydroxylation sites is 1. The molecule has 8 nitrogen and oxygen atoms in total. The zero-order valence-electron chi connectivity index (χ0n) is 15.2. The number of nitriles is 1. The fourth-order valence-corrected chi connectivity index (χ4v) is 2.10. The van der Waals surface area contributed by atoms with Gasteiger partial charge in [0.1, 0.15) is 25.1 Å². The molecule has 2 N–H and O–H groups in total. The Balaban J connectivity index is 0.000000479. The molecule has 0 unspecified atom stereocenters. The normalized spacial score (nSPS) is 9.77. The molecule has 0 spiro atoms. The highest BCUT2D eigenvalue weighted by atomic mass is 35.5. The van der Waals surface area contributed by atoms with Crippen LogP contribution in [0.5, 0.6) is 17.2 Å². The number of hydrogen-bond acceptors (Lipinski definition) is 6. The topological polar surface area (TPSA) is 134 Å². The molecule has 0 aliphatic carbocycles. The van der Waals surface area contributed by atoms with E-state index in [1.807, 2.05) is 6.07 Å². The van der Waals surface area contributed by atoms with Crippen molar-refractivity contribution in [3.63, 3.8) is 0 Å². The van der Waals surface area contributed by atoms with E-state index in [4.69, 9.17) is 36.5 Å². The minimum Gasteiger partial charge on any atom is -0.486 e. The Bertz CT molecular complexity index is 970. The maximum Gasteiger partial charge on any atom is 0.328 e. The zero-order valence-corrected chi connectivity index (χ0v) is 16.0. The average molecular weight is 436 g/mol. The van der Waals surface area contributed by atoms with Gasteiger partial charge < -0.3 is 19.7 Å². The van der Waals surface area contributed by atoms with Crippen LogP contribution in [-0.4, -0.2) is 41.7 Å². The van der Waals surface area contributed by atoms with Crippen molar-refractivity contribution in [2.75, 3.05) is 13.3 Å². The number of aldehydes is 1. The van der Waals surface area contributed by atoms with Crippen LogP contribution >= 0.6 is 11.6 Å². The number of carboxylic acids is 2. The van der Waals surface area contributed by atoms with Gasteiger partial charge in [-0.15, -0.1) is 0 Å². The quantitative estimate of drug-likeness (QED) is 0.471. The van der Waals surface area contributed by atoms with Gasteiger partial charge in [0.05, 0.1) is 11.1 Å². The number of carboxylic acid groups (broad SMARTS) is 2. The number of rotatable bonds is 8. The maximum absolute atomic E-state index is 12.3. The third kappa shape index (κ3) is 8.00. The van der Waals surface area contributed by atoms with Crippen LogP contribution in [0.3, 0.4) is 0 Å². The van der Waals surface area contributed by atoms with E-state index >= 15 is 0 Å². The molecule has 0 amide bonds. The molecular formula is C20H15ClFNO7. The first-order chi connectivity index (χ1) is 14.3. The van der Waals surface area contributed by atoms with Gasteiger partial charge in [0, 0.05) is 23.2 Å². The van der Waals surface area contributed by atoms with Crippen molar-refractivity contribution in [2.24, 2.45) is 0 Å². The summed E-state index contributed by atoms with van der Waals surface area (Å²) in [5, 5.41) is 25.1. The molecule has 10 heteroatoms. The summed E-state index contributed by atoms with van der Waals surface area (Å²) in [6, 6.07) is 11.2. The molecule has 2 aromatic carbocycles. The molecule has 0 fully saturated rings. The lowest BCUT2D eigenvalue weighted by molar-refractivity contribution is -0.134. The Morgan fingerprint density at radius 1 is 1.13 bits per heavy atom. The summed E-state index contributed by atoms with van der Waals surface area (Å²) in [6.45, 7) is -0.908. The van der Waals surface area contributed by atoms with Crippen molar-refractivity contribution >= 4 is 29.8 Å². The van der Waals surface area contributed by atoms with E-state index in [0.29, 0.717) is 23.5 Å². The largest absolute Gasteiger partial charge is 0.486 e. The zero-order chi connectivity index (χ0) is 22.5. The molecule has 0 radical (unpaired) electrons. The van der Waals surface area contributed by atoms with Crippen LogP contribution in [0.4, 0.5) is 4.39 Å². The molecule has 2 aromatic rings. The first-order valence-corrected chi connectivity index (χ1v) is 8.48. The van der Waals surface area contributed by atoms with E-state index in [1.54, 1.807) is 18.2 Å². The number of carbonyl (C=O) groups excluding carboxylic acids is 1. The number of carbonyl (C=O) groups is 3. The maximum atomic E-state index is 12.3. The minimum absolute atomic E-state index is 0.124. The van der Waals surface area contributed by atoms with E-state index in [1.165, 1.54) is 18.2 Å². The van der Waals surface area contributed by atoms with Crippen molar-refractivity contribution < 1.29 is 38.5 Å². The van der Waals surface area contributed by atoms with Crippen molar-refractivity contribution in [1.82, 2.24) is 0 Å². The molecule has 0 aliphatic heterocycles. The molecule has 0 bridgehead atoms. The van der Waals surface area contributed by atoms with Gasteiger partial charge in [0.2, 0.25) is 0 Å². The van der Waals surface area contributed by atoms with Gasteiger partial charge in [0.15, 0.2) is 17.8 Å². The fraction of sp³-hybridized carbons (Fsp3) is 0.100. The number of alkyl halides is 1. The third-order valence-electron chi connectivity index (χ3n) is 3.11. The molecule has 0 heterocycles. The first kappa shape index (κ1) is 24.1. The molecule has 0 atom stereocenters. The molecule has 156 valence electrons. The Hall–Kier alpha value is -3.90. The van der Waals surface area contributed by atoms with Gasteiger partial charge in [-0.1, -0.05) is 17.7 Å². The Morgan fingerprint density at radius 2 is 1.80 bits per heavy atom. The predicted octanol–water partition coefficient (Wildman–Crippen LogP) is 3.88. The summed E-state index contributed by atoms with van der Waals surface area (Å²) in [7, 11) is 0.